The molecule has 1 spiro atoms. The highest BCUT2D eigenvalue weighted by Gasteiger charge is 2.48. The second kappa shape index (κ2) is 6.03. The van der Waals surface area contributed by atoms with Crippen molar-refractivity contribution in [2.45, 2.75) is 45.1 Å². The summed E-state index contributed by atoms with van der Waals surface area (Å²) in [5, 5.41) is 0. The fourth-order valence-corrected chi connectivity index (χ4v) is 4.36. The highest BCUT2D eigenvalue weighted by molar-refractivity contribution is 5.68. The van der Waals surface area contributed by atoms with E-state index >= 15 is 0 Å². The second-order valence-corrected chi connectivity index (χ2v) is 7.47. The average Bonchev–Trinajstić information content (AvgIpc) is 2.52. The largest absolute Gasteiger partial charge is 0.445 e. The lowest BCUT2D eigenvalue weighted by molar-refractivity contribution is -0.0113. The van der Waals surface area contributed by atoms with Crippen molar-refractivity contribution in [2.24, 2.45) is 11.3 Å². The van der Waals surface area contributed by atoms with E-state index in [-0.39, 0.29) is 6.09 Å². The monoisotopic (exact) mass is 311 g/mol. The number of hydrogen-bond donors (Lipinski definition) is 0. The summed E-state index contributed by atoms with van der Waals surface area (Å²) in [4.78, 5) is 14.0. The molecular weight excluding hydrogens is 286 g/mol. The van der Waals surface area contributed by atoms with Crippen LogP contribution in [0.25, 0.3) is 0 Å². The van der Waals surface area contributed by atoms with Gasteiger partial charge in [0.15, 0.2) is 0 Å². The van der Waals surface area contributed by atoms with Gasteiger partial charge in [0, 0.05) is 13.1 Å². The van der Waals surface area contributed by atoms with Crippen molar-refractivity contribution in [1.29, 1.82) is 0 Å². The molecule has 2 aliphatic carbocycles. The summed E-state index contributed by atoms with van der Waals surface area (Å²) in [5.41, 5.74) is 3.36. The summed E-state index contributed by atoms with van der Waals surface area (Å²) >= 11 is 0. The van der Waals surface area contributed by atoms with Crippen LogP contribution in [0.3, 0.4) is 0 Å². The minimum absolute atomic E-state index is 0.187. The molecule has 1 amide bonds. The van der Waals surface area contributed by atoms with Crippen LogP contribution in [0.1, 0.15) is 44.1 Å². The van der Waals surface area contributed by atoms with Gasteiger partial charge in [-0.25, -0.2) is 4.79 Å². The maximum absolute atomic E-state index is 12.2. The van der Waals surface area contributed by atoms with Gasteiger partial charge in [-0.15, -0.1) is 0 Å². The third kappa shape index (κ3) is 3.01. The molecule has 1 aromatic rings. The van der Waals surface area contributed by atoms with Gasteiger partial charge in [-0.3, -0.25) is 0 Å². The van der Waals surface area contributed by atoms with Gasteiger partial charge >= 0.3 is 6.09 Å². The van der Waals surface area contributed by atoms with Crippen LogP contribution in [-0.4, -0.2) is 24.1 Å². The smallest absolute Gasteiger partial charge is 0.410 e. The normalized spacial score (nSPS) is 23.0. The van der Waals surface area contributed by atoms with Crippen molar-refractivity contribution in [3.8, 4) is 0 Å². The molecule has 2 saturated carbocycles. The van der Waals surface area contributed by atoms with E-state index in [1.807, 2.05) is 35.2 Å². The molecular formula is C20H25NO2. The predicted molar refractivity (Wildman–Crippen MR) is 89.9 cm³/mol. The van der Waals surface area contributed by atoms with E-state index in [4.69, 9.17) is 4.74 Å². The van der Waals surface area contributed by atoms with Crippen molar-refractivity contribution < 1.29 is 9.53 Å². The lowest BCUT2D eigenvalue weighted by Crippen LogP contribution is -2.45. The lowest BCUT2D eigenvalue weighted by atomic mass is 9.50. The standard InChI is InChI=1S/C20H25NO2/c22-19(23-15-16-5-2-1-3-6-16)21-11-7-17(8-12-21)18-13-20(14-18)9-4-10-20/h1-3,5-7,18H,4,8-15H2. The molecule has 0 bridgehead atoms. The van der Waals surface area contributed by atoms with Gasteiger partial charge in [-0.1, -0.05) is 48.4 Å². The van der Waals surface area contributed by atoms with Crippen LogP contribution in [0.2, 0.25) is 0 Å². The number of carbonyl (C=O) groups excluding carboxylic acids is 1. The lowest BCUT2D eigenvalue weighted by Gasteiger charge is -2.55. The van der Waals surface area contributed by atoms with Crippen molar-refractivity contribution in [3.05, 3.63) is 47.5 Å². The first-order valence-corrected chi connectivity index (χ1v) is 8.89. The molecule has 2 fully saturated rings. The summed E-state index contributed by atoms with van der Waals surface area (Å²) in [7, 11) is 0. The molecule has 1 aliphatic heterocycles. The molecule has 4 rings (SSSR count). The molecule has 0 unspecified atom stereocenters. The molecule has 0 aromatic heterocycles. The summed E-state index contributed by atoms with van der Waals surface area (Å²) in [6.07, 6.45) is 10.3. The Kier molecular flexibility index (Phi) is 3.88. The van der Waals surface area contributed by atoms with Gasteiger partial charge in [0.05, 0.1) is 0 Å². The number of rotatable bonds is 3. The second-order valence-electron chi connectivity index (χ2n) is 7.47. The zero-order valence-electron chi connectivity index (χ0n) is 13.7. The van der Waals surface area contributed by atoms with E-state index in [1.54, 1.807) is 5.57 Å². The molecule has 3 nitrogen and oxygen atoms in total. The minimum Gasteiger partial charge on any atom is -0.445 e. The molecule has 0 atom stereocenters. The third-order valence-corrected chi connectivity index (χ3v) is 6.01. The SMILES string of the molecule is O=C(OCc1ccccc1)N1CC=C(C2CC3(CCC3)C2)CC1. The van der Waals surface area contributed by atoms with Crippen LogP contribution >= 0.6 is 0 Å². The fraction of sp³-hybridized carbons (Fsp3) is 0.550. The Morgan fingerprint density at radius 3 is 2.61 bits per heavy atom. The number of ether oxygens (including phenoxy) is 1. The summed E-state index contributed by atoms with van der Waals surface area (Å²) in [6.45, 7) is 1.88. The predicted octanol–water partition coefficient (Wildman–Crippen LogP) is 4.54. The van der Waals surface area contributed by atoms with E-state index in [0.717, 1.165) is 29.9 Å². The van der Waals surface area contributed by atoms with Crippen LogP contribution in [0.4, 0.5) is 4.79 Å². The van der Waals surface area contributed by atoms with Gasteiger partial charge in [-0.2, -0.15) is 0 Å². The third-order valence-electron chi connectivity index (χ3n) is 6.01. The number of carbonyl (C=O) groups is 1. The van der Waals surface area contributed by atoms with E-state index in [0.29, 0.717) is 13.2 Å². The van der Waals surface area contributed by atoms with Gasteiger partial charge in [0.1, 0.15) is 6.61 Å². The zero-order valence-corrected chi connectivity index (χ0v) is 13.7. The van der Waals surface area contributed by atoms with Gasteiger partial charge < -0.3 is 9.64 Å². The van der Waals surface area contributed by atoms with E-state index in [9.17, 15) is 4.79 Å². The van der Waals surface area contributed by atoms with Crippen LogP contribution in [0.15, 0.2) is 42.0 Å². The highest BCUT2D eigenvalue weighted by atomic mass is 16.6. The van der Waals surface area contributed by atoms with Gasteiger partial charge in [0.2, 0.25) is 0 Å². The van der Waals surface area contributed by atoms with Crippen molar-refractivity contribution in [1.82, 2.24) is 4.90 Å². The van der Waals surface area contributed by atoms with Crippen molar-refractivity contribution >= 4 is 6.09 Å². The van der Waals surface area contributed by atoms with Gasteiger partial charge in [0.25, 0.3) is 0 Å². The Balaban J connectivity index is 1.25. The first-order chi connectivity index (χ1) is 11.2. The number of nitrogens with zero attached hydrogens (tertiary/aromatic N) is 1. The minimum atomic E-state index is -0.187. The molecule has 23 heavy (non-hydrogen) atoms. The fourth-order valence-electron chi connectivity index (χ4n) is 4.36. The molecule has 0 radical (unpaired) electrons. The quantitative estimate of drug-likeness (QED) is 0.767. The van der Waals surface area contributed by atoms with Crippen LogP contribution in [-0.2, 0) is 11.3 Å². The Morgan fingerprint density at radius 1 is 1.22 bits per heavy atom. The molecule has 0 saturated heterocycles. The molecule has 1 aromatic carbocycles. The first-order valence-electron chi connectivity index (χ1n) is 8.89. The topological polar surface area (TPSA) is 29.5 Å². The molecule has 1 heterocycles. The Bertz CT molecular complexity index is 595. The Labute approximate surface area is 138 Å². The Morgan fingerprint density at radius 2 is 2.00 bits per heavy atom. The molecule has 0 N–H and O–H groups in total. The van der Waals surface area contributed by atoms with Crippen LogP contribution in [0.5, 0.6) is 0 Å². The molecule has 3 heteroatoms. The molecule has 122 valence electrons. The maximum Gasteiger partial charge on any atom is 0.410 e. The van der Waals surface area contributed by atoms with E-state index < -0.39 is 0 Å². The van der Waals surface area contributed by atoms with Crippen molar-refractivity contribution in [2.75, 3.05) is 13.1 Å². The summed E-state index contributed by atoms with van der Waals surface area (Å²) < 4.78 is 5.42. The number of amides is 1. The summed E-state index contributed by atoms with van der Waals surface area (Å²) in [5.74, 6) is 0.804. The first kappa shape index (κ1) is 14.8. The highest BCUT2D eigenvalue weighted by Crippen LogP contribution is 2.60. The number of hydrogen-bond acceptors (Lipinski definition) is 2. The number of benzene rings is 1. The Hall–Kier alpha value is -1.77. The van der Waals surface area contributed by atoms with E-state index in [1.165, 1.54) is 32.1 Å². The van der Waals surface area contributed by atoms with Crippen molar-refractivity contribution in [3.63, 3.8) is 0 Å². The van der Waals surface area contributed by atoms with E-state index in [2.05, 4.69) is 6.08 Å². The maximum atomic E-state index is 12.2. The average molecular weight is 311 g/mol. The zero-order chi connectivity index (χ0) is 15.7. The van der Waals surface area contributed by atoms with Gasteiger partial charge in [-0.05, 0) is 49.0 Å². The van der Waals surface area contributed by atoms with Crippen LogP contribution < -0.4 is 0 Å². The molecule has 3 aliphatic rings. The summed E-state index contributed by atoms with van der Waals surface area (Å²) in [6, 6.07) is 9.86. The van der Waals surface area contributed by atoms with Crippen LogP contribution in [0, 0.1) is 11.3 Å².